The molecule has 3 N–H and O–H groups in total. The summed E-state index contributed by atoms with van der Waals surface area (Å²) in [6.07, 6.45) is 8.93. The van der Waals surface area contributed by atoms with E-state index < -0.39 is 18.1 Å². The van der Waals surface area contributed by atoms with E-state index in [9.17, 15) is 14.7 Å². The zero-order chi connectivity index (χ0) is 23.9. The first kappa shape index (κ1) is 24.3. The van der Waals surface area contributed by atoms with E-state index in [0.717, 1.165) is 29.0 Å². The number of para-hydroxylation sites is 1. The number of rotatable bonds is 9. The Bertz CT molecular complexity index is 969. The molecule has 1 heterocycles. The summed E-state index contributed by atoms with van der Waals surface area (Å²) in [4.78, 5) is 25.5. The molecule has 34 heavy (non-hydrogen) atoms. The summed E-state index contributed by atoms with van der Waals surface area (Å²) < 4.78 is 5.28. The summed E-state index contributed by atoms with van der Waals surface area (Å²) in [5, 5.41) is 16.3. The second kappa shape index (κ2) is 11.5. The number of carbonyl (C=O) groups excluding carboxylic acids is 1. The highest BCUT2D eigenvalue weighted by atomic mass is 16.5. The van der Waals surface area contributed by atoms with Crippen molar-refractivity contribution in [2.24, 2.45) is 11.8 Å². The zero-order valence-electron chi connectivity index (χ0n) is 20.0. The van der Waals surface area contributed by atoms with E-state index in [1.165, 1.54) is 32.1 Å². The summed E-state index contributed by atoms with van der Waals surface area (Å²) in [6.45, 7) is 0. The van der Waals surface area contributed by atoms with Crippen molar-refractivity contribution in [3.05, 3.63) is 59.7 Å². The molecular weight excluding hydrogens is 428 g/mol. The number of fused-ring (bicyclic) bond motifs is 1. The maximum Gasteiger partial charge on any atom is 0.320 e. The number of carboxylic acids is 1. The third-order valence-electron chi connectivity index (χ3n) is 7.44. The van der Waals surface area contributed by atoms with Crippen LogP contribution in [0.1, 0.15) is 56.1 Å². The maximum atomic E-state index is 13.4. The highest BCUT2D eigenvalue weighted by molar-refractivity contribution is 5.97. The van der Waals surface area contributed by atoms with Crippen LogP contribution in [0.25, 0.3) is 0 Å². The van der Waals surface area contributed by atoms with E-state index in [4.69, 9.17) is 4.74 Å². The Morgan fingerprint density at radius 1 is 1.12 bits per heavy atom. The van der Waals surface area contributed by atoms with Crippen LogP contribution < -0.4 is 15.4 Å². The molecule has 0 bridgehead atoms. The summed E-state index contributed by atoms with van der Waals surface area (Å²) >= 11 is 0. The van der Waals surface area contributed by atoms with E-state index in [1.54, 1.807) is 7.11 Å². The average molecular weight is 465 g/mol. The SMILES string of the molecule is COc1ccc(CC2Cc3ccccc3NC(=O)[C@@H]2N[C@@H](CCC2CCCCC2)C(=O)O)cc1. The molecule has 0 aromatic heterocycles. The minimum atomic E-state index is -0.881. The Balaban J connectivity index is 1.53. The molecule has 6 heteroatoms. The van der Waals surface area contributed by atoms with Crippen molar-refractivity contribution in [1.29, 1.82) is 0 Å². The number of amides is 1. The molecule has 4 rings (SSSR count). The Kier molecular flexibility index (Phi) is 8.22. The van der Waals surface area contributed by atoms with Gasteiger partial charge in [0.2, 0.25) is 5.91 Å². The lowest BCUT2D eigenvalue weighted by atomic mass is 9.84. The summed E-state index contributed by atoms with van der Waals surface area (Å²) in [6, 6.07) is 14.4. The number of hydrogen-bond donors (Lipinski definition) is 3. The van der Waals surface area contributed by atoms with Gasteiger partial charge in [-0.2, -0.15) is 0 Å². The smallest absolute Gasteiger partial charge is 0.320 e. The van der Waals surface area contributed by atoms with Crippen LogP contribution in [-0.2, 0) is 22.4 Å². The van der Waals surface area contributed by atoms with Gasteiger partial charge in [0, 0.05) is 5.69 Å². The van der Waals surface area contributed by atoms with Gasteiger partial charge in [-0.15, -0.1) is 0 Å². The number of hydrogen-bond acceptors (Lipinski definition) is 4. The Hall–Kier alpha value is -2.86. The number of ether oxygens (including phenoxy) is 1. The molecule has 6 nitrogen and oxygen atoms in total. The molecule has 1 unspecified atom stereocenters. The number of nitrogens with one attached hydrogen (secondary N) is 2. The predicted octanol–water partition coefficient (Wildman–Crippen LogP) is 4.82. The van der Waals surface area contributed by atoms with Crippen LogP contribution >= 0.6 is 0 Å². The standard InChI is InChI=1S/C28H36N2O4/c1-34-23-14-11-20(12-15-23)17-22-18-21-9-5-6-10-24(21)30-27(31)26(22)29-25(28(32)33)16-13-19-7-3-2-4-8-19/h5-6,9-12,14-15,19,22,25-26,29H,2-4,7-8,13,16-18H2,1H3,(H,30,31)(H,32,33)/t22?,25-,26+/m0/s1. The van der Waals surface area contributed by atoms with Gasteiger partial charge in [-0.05, 0) is 66.8 Å². The Morgan fingerprint density at radius 3 is 2.56 bits per heavy atom. The number of methoxy groups -OCH3 is 1. The molecule has 0 radical (unpaired) electrons. The van der Waals surface area contributed by atoms with E-state index in [2.05, 4.69) is 10.6 Å². The second-order valence-electron chi connectivity index (χ2n) is 9.78. The van der Waals surface area contributed by atoms with E-state index in [0.29, 0.717) is 25.2 Å². The van der Waals surface area contributed by atoms with Gasteiger partial charge >= 0.3 is 5.97 Å². The number of aliphatic carboxylic acids is 1. The molecular formula is C28H36N2O4. The van der Waals surface area contributed by atoms with Gasteiger partial charge in [-0.1, -0.05) is 62.4 Å². The van der Waals surface area contributed by atoms with Gasteiger partial charge < -0.3 is 15.2 Å². The highest BCUT2D eigenvalue weighted by Crippen LogP contribution is 2.30. The molecule has 2 aliphatic rings. The quantitative estimate of drug-likeness (QED) is 0.495. The van der Waals surface area contributed by atoms with Crippen molar-refractivity contribution >= 4 is 17.6 Å². The first-order chi connectivity index (χ1) is 16.5. The van der Waals surface area contributed by atoms with Crippen molar-refractivity contribution < 1.29 is 19.4 Å². The lowest BCUT2D eigenvalue weighted by molar-refractivity contribution is -0.140. The first-order valence-electron chi connectivity index (χ1n) is 12.5. The van der Waals surface area contributed by atoms with Gasteiger partial charge in [0.05, 0.1) is 13.2 Å². The van der Waals surface area contributed by atoms with Crippen LogP contribution in [0.15, 0.2) is 48.5 Å². The molecule has 2 aromatic carbocycles. The fourth-order valence-corrected chi connectivity index (χ4v) is 5.48. The molecule has 0 spiro atoms. The molecule has 1 amide bonds. The number of carbonyl (C=O) groups is 2. The van der Waals surface area contributed by atoms with Crippen LogP contribution in [0.5, 0.6) is 5.75 Å². The highest BCUT2D eigenvalue weighted by Gasteiger charge is 2.35. The summed E-state index contributed by atoms with van der Waals surface area (Å²) in [5.41, 5.74) is 2.98. The molecule has 182 valence electrons. The first-order valence-corrected chi connectivity index (χ1v) is 12.5. The van der Waals surface area contributed by atoms with E-state index in [-0.39, 0.29) is 11.8 Å². The Morgan fingerprint density at radius 2 is 1.85 bits per heavy atom. The van der Waals surface area contributed by atoms with Crippen molar-refractivity contribution in [2.45, 2.75) is 69.9 Å². The third-order valence-corrected chi connectivity index (χ3v) is 7.44. The van der Waals surface area contributed by atoms with Gasteiger partial charge in [-0.3, -0.25) is 14.9 Å². The van der Waals surface area contributed by atoms with Gasteiger partial charge in [0.15, 0.2) is 0 Å². The van der Waals surface area contributed by atoms with Gasteiger partial charge in [-0.25, -0.2) is 0 Å². The second-order valence-corrected chi connectivity index (χ2v) is 9.78. The lowest BCUT2D eigenvalue weighted by Crippen LogP contribution is -2.52. The van der Waals surface area contributed by atoms with Crippen LogP contribution in [0, 0.1) is 11.8 Å². The lowest BCUT2D eigenvalue weighted by Gasteiger charge is -2.29. The van der Waals surface area contributed by atoms with Gasteiger partial charge in [0.1, 0.15) is 11.8 Å². The molecule has 1 fully saturated rings. The monoisotopic (exact) mass is 464 g/mol. The number of anilines is 1. The maximum absolute atomic E-state index is 13.4. The number of carboxylic acid groups (broad SMARTS) is 1. The van der Waals surface area contributed by atoms with Crippen LogP contribution in [0.3, 0.4) is 0 Å². The fourth-order valence-electron chi connectivity index (χ4n) is 5.48. The van der Waals surface area contributed by atoms with E-state index in [1.807, 2.05) is 48.5 Å². The summed E-state index contributed by atoms with van der Waals surface area (Å²) in [5.74, 6) is 0.269. The minimum Gasteiger partial charge on any atom is -0.497 e. The molecule has 1 aliphatic carbocycles. The van der Waals surface area contributed by atoms with Crippen molar-refractivity contribution in [3.63, 3.8) is 0 Å². The molecule has 3 atom stereocenters. The topological polar surface area (TPSA) is 87.7 Å². The van der Waals surface area contributed by atoms with Crippen LogP contribution in [0.4, 0.5) is 5.69 Å². The van der Waals surface area contributed by atoms with Crippen molar-refractivity contribution in [2.75, 3.05) is 12.4 Å². The van der Waals surface area contributed by atoms with Crippen molar-refractivity contribution in [3.8, 4) is 5.75 Å². The predicted molar refractivity (Wildman–Crippen MR) is 133 cm³/mol. The number of benzene rings is 2. The zero-order valence-corrected chi connectivity index (χ0v) is 20.0. The molecule has 0 saturated heterocycles. The third kappa shape index (κ3) is 6.17. The van der Waals surface area contributed by atoms with E-state index >= 15 is 0 Å². The fraction of sp³-hybridized carbons (Fsp3) is 0.500. The molecule has 2 aromatic rings. The molecule has 1 saturated carbocycles. The largest absolute Gasteiger partial charge is 0.497 e. The Labute approximate surface area is 202 Å². The van der Waals surface area contributed by atoms with Crippen LogP contribution in [-0.4, -0.2) is 36.2 Å². The normalized spacial score (nSPS) is 21.7. The van der Waals surface area contributed by atoms with Gasteiger partial charge in [0.25, 0.3) is 0 Å². The van der Waals surface area contributed by atoms with Crippen LogP contribution in [0.2, 0.25) is 0 Å². The minimum absolute atomic E-state index is 0.0754. The average Bonchev–Trinajstić information content (AvgIpc) is 2.98. The summed E-state index contributed by atoms with van der Waals surface area (Å²) in [7, 11) is 1.64. The van der Waals surface area contributed by atoms with Crippen molar-refractivity contribution in [1.82, 2.24) is 5.32 Å². The molecule has 1 aliphatic heterocycles.